The molecule has 2 saturated heterocycles. The molecule has 1 aromatic carbocycles. The molecule has 230 valence electrons. The highest BCUT2D eigenvalue weighted by molar-refractivity contribution is 5.86. The first kappa shape index (κ1) is 31.1. The van der Waals surface area contributed by atoms with E-state index in [1.165, 1.54) is 0 Å². The summed E-state index contributed by atoms with van der Waals surface area (Å²) in [7, 11) is 5.52. The smallest absolute Gasteiger partial charge is 0.147 e. The lowest BCUT2D eigenvalue weighted by molar-refractivity contribution is -0.0437. The van der Waals surface area contributed by atoms with Gasteiger partial charge in [-0.3, -0.25) is 14.5 Å². The molecule has 0 bridgehead atoms. The van der Waals surface area contributed by atoms with Crippen molar-refractivity contribution < 1.29 is 4.39 Å². The number of hydrogen-bond acceptors (Lipinski definition) is 7. The third-order valence-corrected chi connectivity index (χ3v) is 9.13. The number of aromatic nitrogens is 3. The summed E-state index contributed by atoms with van der Waals surface area (Å²) in [4.78, 5) is 9.76. The number of H-pyrrole nitrogens is 1. The zero-order valence-corrected chi connectivity index (χ0v) is 26.2. The number of nitriles is 2. The second-order valence-corrected chi connectivity index (χ2v) is 12.2. The van der Waals surface area contributed by atoms with E-state index in [0.717, 1.165) is 73.5 Å². The standard InChI is InChI=1S/C34H42FN9/c1-6-24(2)17-29(28-9-14-39-33(28)38-3)26-19-40-44(21-26)34(12-13-36)22-43(23-34)27-10-15-42(16-11-27)20-25-7-8-31(41(4)5)30(18-37)32(25)35/h7-9,14,17,19,21,27,38-39H,2,6,10-12,15-16,20,22-23H2,1,3-5H3/b29-17-. The predicted octanol–water partition coefficient (Wildman–Crippen LogP) is 5.32. The van der Waals surface area contributed by atoms with Crippen LogP contribution in [0.1, 0.15) is 54.9 Å². The molecule has 2 aliphatic rings. The van der Waals surface area contributed by atoms with Crippen molar-refractivity contribution in [1.29, 1.82) is 10.5 Å². The van der Waals surface area contributed by atoms with Crippen LogP contribution in [-0.4, -0.2) is 77.9 Å². The Hall–Kier alpha value is -4.38. The molecule has 0 aliphatic carbocycles. The molecule has 2 fully saturated rings. The minimum Gasteiger partial charge on any atom is -0.377 e. The van der Waals surface area contributed by atoms with Crippen LogP contribution in [0.4, 0.5) is 15.9 Å². The molecule has 0 unspecified atom stereocenters. The van der Waals surface area contributed by atoms with Crippen LogP contribution in [0.15, 0.2) is 55.0 Å². The van der Waals surface area contributed by atoms with E-state index in [1.807, 2.05) is 50.4 Å². The summed E-state index contributed by atoms with van der Waals surface area (Å²) in [6.07, 6.45) is 11.2. The number of anilines is 2. The van der Waals surface area contributed by atoms with Crippen LogP contribution in [0.25, 0.3) is 5.57 Å². The first-order valence-electron chi connectivity index (χ1n) is 15.3. The number of nitrogens with one attached hydrogen (secondary N) is 2. The second-order valence-electron chi connectivity index (χ2n) is 12.2. The highest BCUT2D eigenvalue weighted by Crippen LogP contribution is 2.38. The van der Waals surface area contributed by atoms with Crippen LogP contribution in [0.5, 0.6) is 0 Å². The molecule has 10 heteroatoms. The summed E-state index contributed by atoms with van der Waals surface area (Å²) in [6.45, 7) is 10.0. The molecule has 0 amide bonds. The van der Waals surface area contributed by atoms with Gasteiger partial charge >= 0.3 is 0 Å². The van der Waals surface area contributed by atoms with Crippen molar-refractivity contribution in [3.8, 4) is 12.1 Å². The number of benzene rings is 1. The van der Waals surface area contributed by atoms with Gasteiger partial charge in [0.25, 0.3) is 0 Å². The number of aromatic amines is 1. The molecule has 9 nitrogen and oxygen atoms in total. The lowest BCUT2D eigenvalue weighted by atomic mass is 9.83. The van der Waals surface area contributed by atoms with Crippen LogP contribution in [0.2, 0.25) is 0 Å². The zero-order valence-electron chi connectivity index (χ0n) is 26.2. The maximum absolute atomic E-state index is 15.2. The van der Waals surface area contributed by atoms with Gasteiger partial charge in [-0.15, -0.1) is 0 Å². The maximum atomic E-state index is 15.2. The third-order valence-electron chi connectivity index (χ3n) is 9.13. The average molecular weight is 596 g/mol. The molecule has 5 rings (SSSR count). The van der Waals surface area contributed by atoms with Crippen molar-refractivity contribution in [2.75, 3.05) is 57.5 Å². The number of allylic oxidation sites excluding steroid dienone is 2. The quantitative estimate of drug-likeness (QED) is 0.290. The van der Waals surface area contributed by atoms with Crippen molar-refractivity contribution in [3.05, 3.63) is 83.1 Å². The first-order chi connectivity index (χ1) is 21.2. The molecule has 0 radical (unpaired) electrons. The number of piperidine rings is 1. The summed E-state index contributed by atoms with van der Waals surface area (Å²) in [6, 6.07) is 10.5. The van der Waals surface area contributed by atoms with E-state index in [1.54, 1.807) is 11.0 Å². The molecular formula is C34H42FN9. The summed E-state index contributed by atoms with van der Waals surface area (Å²) < 4.78 is 17.2. The van der Waals surface area contributed by atoms with Gasteiger partial charge in [0.1, 0.15) is 28.8 Å². The fourth-order valence-corrected chi connectivity index (χ4v) is 6.49. The monoisotopic (exact) mass is 595 g/mol. The van der Waals surface area contributed by atoms with Gasteiger partial charge in [0.15, 0.2) is 0 Å². The van der Waals surface area contributed by atoms with Crippen molar-refractivity contribution >= 4 is 17.1 Å². The predicted molar refractivity (Wildman–Crippen MR) is 173 cm³/mol. The minimum atomic E-state index is -0.417. The average Bonchev–Trinajstić information content (AvgIpc) is 3.69. The normalized spacial score (nSPS) is 17.5. The van der Waals surface area contributed by atoms with E-state index in [-0.39, 0.29) is 11.1 Å². The third kappa shape index (κ3) is 6.01. The number of halogens is 1. The Morgan fingerprint density at radius 3 is 2.64 bits per heavy atom. The van der Waals surface area contributed by atoms with Crippen LogP contribution in [0.3, 0.4) is 0 Å². The lowest BCUT2D eigenvalue weighted by Gasteiger charge is -2.53. The van der Waals surface area contributed by atoms with Crippen molar-refractivity contribution in [2.24, 2.45) is 0 Å². The van der Waals surface area contributed by atoms with E-state index in [4.69, 9.17) is 5.10 Å². The van der Waals surface area contributed by atoms with Gasteiger partial charge in [0.2, 0.25) is 0 Å². The Kier molecular flexibility index (Phi) is 9.24. The molecule has 44 heavy (non-hydrogen) atoms. The highest BCUT2D eigenvalue weighted by atomic mass is 19.1. The van der Waals surface area contributed by atoms with E-state index >= 15 is 4.39 Å². The van der Waals surface area contributed by atoms with Crippen LogP contribution in [0, 0.1) is 28.5 Å². The number of nitrogens with zero attached hydrogens (tertiary/aromatic N) is 7. The molecule has 2 aliphatic heterocycles. The van der Waals surface area contributed by atoms with Crippen LogP contribution >= 0.6 is 0 Å². The number of hydrogen-bond donors (Lipinski definition) is 2. The highest BCUT2D eigenvalue weighted by Gasteiger charge is 2.48. The molecule has 2 aromatic heterocycles. The van der Waals surface area contributed by atoms with Crippen molar-refractivity contribution in [1.82, 2.24) is 24.6 Å². The van der Waals surface area contributed by atoms with E-state index in [0.29, 0.717) is 30.3 Å². The molecular weight excluding hydrogens is 553 g/mol. The number of likely N-dealkylation sites (tertiary alicyclic amines) is 2. The fraction of sp³-hybridized carbons (Fsp3) is 0.441. The van der Waals surface area contributed by atoms with Gasteiger partial charge < -0.3 is 15.2 Å². The summed E-state index contributed by atoms with van der Waals surface area (Å²) >= 11 is 0. The Balaban J connectivity index is 1.25. The first-order valence-corrected chi connectivity index (χ1v) is 15.3. The summed E-state index contributed by atoms with van der Waals surface area (Å²) in [5, 5.41) is 27.3. The van der Waals surface area contributed by atoms with Gasteiger partial charge in [-0.2, -0.15) is 15.6 Å². The Morgan fingerprint density at radius 2 is 2.00 bits per heavy atom. The Labute approximate surface area is 259 Å². The van der Waals surface area contributed by atoms with E-state index < -0.39 is 5.82 Å². The lowest BCUT2D eigenvalue weighted by Crippen LogP contribution is -2.66. The summed E-state index contributed by atoms with van der Waals surface area (Å²) in [5.74, 6) is 0.513. The topological polar surface area (TPSA) is 103 Å². The molecule has 3 aromatic rings. The Morgan fingerprint density at radius 1 is 1.25 bits per heavy atom. The van der Waals surface area contributed by atoms with Crippen LogP contribution < -0.4 is 10.2 Å². The van der Waals surface area contributed by atoms with E-state index in [9.17, 15) is 10.5 Å². The van der Waals surface area contributed by atoms with Crippen molar-refractivity contribution in [3.63, 3.8) is 0 Å². The van der Waals surface area contributed by atoms with Gasteiger partial charge in [-0.25, -0.2) is 4.39 Å². The van der Waals surface area contributed by atoms with Gasteiger partial charge in [0, 0.05) is 75.9 Å². The molecule has 0 spiro atoms. The van der Waals surface area contributed by atoms with E-state index in [2.05, 4.69) is 58.0 Å². The SMILES string of the molecule is C=C(/C=C(/c1cnn(C2(CC#N)CN(C3CCN(Cc4ccc(N(C)C)c(C#N)c4F)CC3)C2)c1)c1cc[nH]c1NC)CC. The second kappa shape index (κ2) is 13.1. The van der Waals surface area contributed by atoms with Crippen molar-refractivity contribution in [2.45, 2.75) is 50.7 Å². The molecule has 0 atom stereocenters. The van der Waals surface area contributed by atoms with Gasteiger partial charge in [-0.05, 0) is 50.1 Å². The molecule has 4 heterocycles. The Bertz CT molecular complexity index is 1600. The minimum absolute atomic E-state index is 0.104. The summed E-state index contributed by atoms with van der Waals surface area (Å²) in [5.41, 5.74) is 5.01. The van der Waals surface area contributed by atoms with Gasteiger partial charge in [-0.1, -0.05) is 31.2 Å². The van der Waals surface area contributed by atoms with Crippen LogP contribution in [-0.2, 0) is 12.1 Å². The largest absolute Gasteiger partial charge is 0.377 e. The number of rotatable bonds is 11. The molecule has 2 N–H and O–H groups in total. The fourth-order valence-electron chi connectivity index (χ4n) is 6.49. The maximum Gasteiger partial charge on any atom is 0.147 e. The molecule has 0 saturated carbocycles. The zero-order chi connectivity index (χ0) is 31.4. The van der Waals surface area contributed by atoms with Gasteiger partial charge in [0.05, 0.1) is 24.4 Å².